The molecule has 1 heterocycles. The van der Waals surface area contributed by atoms with Crippen molar-refractivity contribution >= 4 is 27.9 Å². The molecule has 16 heavy (non-hydrogen) atoms. The Morgan fingerprint density at radius 2 is 2.06 bits per heavy atom. The van der Waals surface area contributed by atoms with Gasteiger partial charge in [0.15, 0.2) is 0 Å². The highest BCUT2D eigenvalue weighted by molar-refractivity contribution is 9.10. The van der Waals surface area contributed by atoms with E-state index < -0.39 is 0 Å². The first-order valence-corrected chi connectivity index (χ1v) is 5.52. The summed E-state index contributed by atoms with van der Waals surface area (Å²) in [6.45, 7) is 0. The standard InChI is InChI=1S/C12H9BrN2O/c13-11-5-2-10(3-6-11)4-7-12(16)15-9-1-8-14-15/h1-9H/b7-4+. The molecule has 4 heteroatoms. The van der Waals surface area contributed by atoms with Gasteiger partial charge in [0.05, 0.1) is 0 Å². The van der Waals surface area contributed by atoms with Crippen LogP contribution in [0.15, 0.2) is 53.3 Å². The Morgan fingerprint density at radius 1 is 1.31 bits per heavy atom. The summed E-state index contributed by atoms with van der Waals surface area (Å²) in [5, 5.41) is 3.85. The number of allylic oxidation sites excluding steroid dienone is 1. The number of aromatic nitrogens is 2. The number of benzene rings is 1. The van der Waals surface area contributed by atoms with Crippen molar-refractivity contribution in [2.75, 3.05) is 0 Å². The first-order chi connectivity index (χ1) is 7.75. The Bertz CT molecular complexity index is 500. The normalized spacial score (nSPS) is 10.8. The lowest BCUT2D eigenvalue weighted by Gasteiger charge is -1.94. The second kappa shape index (κ2) is 4.90. The van der Waals surface area contributed by atoms with Crippen LogP contribution in [0.4, 0.5) is 0 Å². The molecule has 0 amide bonds. The van der Waals surface area contributed by atoms with Crippen molar-refractivity contribution in [2.24, 2.45) is 0 Å². The fourth-order valence-corrected chi connectivity index (χ4v) is 1.48. The zero-order valence-corrected chi connectivity index (χ0v) is 9.96. The summed E-state index contributed by atoms with van der Waals surface area (Å²) < 4.78 is 2.30. The third-order valence-electron chi connectivity index (χ3n) is 2.02. The lowest BCUT2D eigenvalue weighted by molar-refractivity contribution is 0.0955. The van der Waals surface area contributed by atoms with Crippen LogP contribution in [0.25, 0.3) is 6.08 Å². The van der Waals surface area contributed by atoms with Gasteiger partial charge in [0.2, 0.25) is 0 Å². The number of carbonyl (C=O) groups is 1. The molecule has 0 aliphatic rings. The molecular formula is C12H9BrN2O. The fourth-order valence-electron chi connectivity index (χ4n) is 1.22. The molecular weight excluding hydrogens is 268 g/mol. The summed E-state index contributed by atoms with van der Waals surface area (Å²) in [6.07, 6.45) is 6.45. The van der Waals surface area contributed by atoms with Gasteiger partial charge in [0.25, 0.3) is 5.91 Å². The van der Waals surface area contributed by atoms with Gasteiger partial charge in [-0.3, -0.25) is 4.79 Å². The van der Waals surface area contributed by atoms with Crippen LogP contribution in [-0.4, -0.2) is 15.7 Å². The second-order valence-corrected chi connectivity index (χ2v) is 4.09. The topological polar surface area (TPSA) is 34.9 Å². The van der Waals surface area contributed by atoms with Gasteiger partial charge in [-0.2, -0.15) is 5.10 Å². The quantitative estimate of drug-likeness (QED) is 0.791. The zero-order chi connectivity index (χ0) is 11.4. The van der Waals surface area contributed by atoms with E-state index in [1.54, 1.807) is 24.5 Å². The Balaban J connectivity index is 2.10. The van der Waals surface area contributed by atoms with Crippen LogP contribution in [0.3, 0.4) is 0 Å². The molecule has 0 unspecified atom stereocenters. The summed E-state index contributed by atoms with van der Waals surface area (Å²) >= 11 is 3.35. The summed E-state index contributed by atoms with van der Waals surface area (Å²) in [6, 6.07) is 9.43. The van der Waals surface area contributed by atoms with Crippen molar-refractivity contribution < 1.29 is 4.79 Å². The van der Waals surface area contributed by atoms with Gasteiger partial charge in [0.1, 0.15) is 0 Å². The highest BCUT2D eigenvalue weighted by atomic mass is 79.9. The molecule has 0 fully saturated rings. The molecule has 2 aromatic rings. The number of carbonyl (C=O) groups excluding carboxylic acids is 1. The Morgan fingerprint density at radius 3 is 2.69 bits per heavy atom. The summed E-state index contributed by atoms with van der Waals surface area (Å²) in [5.74, 6) is -0.159. The van der Waals surface area contributed by atoms with Crippen LogP contribution in [0.1, 0.15) is 10.4 Å². The molecule has 0 saturated carbocycles. The lowest BCUT2D eigenvalue weighted by Crippen LogP contribution is -2.06. The molecule has 0 N–H and O–H groups in total. The van der Waals surface area contributed by atoms with Gasteiger partial charge in [0, 0.05) is 22.9 Å². The predicted molar refractivity (Wildman–Crippen MR) is 66.0 cm³/mol. The van der Waals surface area contributed by atoms with Gasteiger partial charge in [-0.15, -0.1) is 0 Å². The predicted octanol–water partition coefficient (Wildman–Crippen LogP) is 3.00. The monoisotopic (exact) mass is 276 g/mol. The van der Waals surface area contributed by atoms with Gasteiger partial charge in [-0.05, 0) is 29.8 Å². The molecule has 0 aliphatic carbocycles. The van der Waals surface area contributed by atoms with Crippen LogP contribution in [-0.2, 0) is 0 Å². The Hall–Kier alpha value is -1.68. The van der Waals surface area contributed by atoms with Crippen molar-refractivity contribution in [3.05, 3.63) is 58.8 Å². The van der Waals surface area contributed by atoms with Crippen LogP contribution in [0.5, 0.6) is 0 Å². The molecule has 1 aromatic carbocycles. The van der Waals surface area contributed by atoms with Gasteiger partial charge < -0.3 is 0 Å². The zero-order valence-electron chi connectivity index (χ0n) is 8.38. The molecule has 0 aliphatic heterocycles. The molecule has 0 spiro atoms. The van der Waals surface area contributed by atoms with Crippen molar-refractivity contribution in [1.82, 2.24) is 9.78 Å². The minimum atomic E-state index is -0.159. The number of hydrogen-bond acceptors (Lipinski definition) is 2. The maximum atomic E-state index is 11.6. The SMILES string of the molecule is O=C(/C=C/c1ccc(Br)cc1)n1cccn1. The fraction of sp³-hybridized carbons (Fsp3) is 0. The van der Waals surface area contributed by atoms with Crippen LogP contribution < -0.4 is 0 Å². The van der Waals surface area contributed by atoms with Crippen molar-refractivity contribution in [1.29, 1.82) is 0 Å². The molecule has 3 nitrogen and oxygen atoms in total. The third-order valence-corrected chi connectivity index (χ3v) is 2.55. The minimum Gasteiger partial charge on any atom is -0.267 e. The van der Waals surface area contributed by atoms with E-state index in [2.05, 4.69) is 21.0 Å². The lowest BCUT2D eigenvalue weighted by atomic mass is 10.2. The van der Waals surface area contributed by atoms with E-state index in [0.717, 1.165) is 10.0 Å². The van der Waals surface area contributed by atoms with Gasteiger partial charge >= 0.3 is 0 Å². The maximum absolute atomic E-state index is 11.6. The van der Waals surface area contributed by atoms with E-state index in [1.165, 1.54) is 10.8 Å². The minimum absolute atomic E-state index is 0.159. The summed E-state index contributed by atoms with van der Waals surface area (Å²) in [5.41, 5.74) is 0.976. The number of nitrogens with zero attached hydrogens (tertiary/aromatic N) is 2. The van der Waals surface area contributed by atoms with E-state index in [9.17, 15) is 4.79 Å². The van der Waals surface area contributed by atoms with Gasteiger partial charge in [-0.25, -0.2) is 4.68 Å². The maximum Gasteiger partial charge on any atom is 0.270 e. The molecule has 0 bridgehead atoms. The van der Waals surface area contributed by atoms with Crippen molar-refractivity contribution in [2.45, 2.75) is 0 Å². The van der Waals surface area contributed by atoms with Gasteiger partial charge in [-0.1, -0.05) is 28.1 Å². The van der Waals surface area contributed by atoms with Crippen molar-refractivity contribution in [3.8, 4) is 0 Å². The summed E-state index contributed by atoms with van der Waals surface area (Å²) in [4.78, 5) is 11.6. The van der Waals surface area contributed by atoms with Crippen LogP contribution >= 0.6 is 15.9 Å². The average Bonchev–Trinajstić information content (AvgIpc) is 2.81. The number of halogens is 1. The van der Waals surface area contributed by atoms with Crippen LogP contribution in [0, 0.1) is 0 Å². The highest BCUT2D eigenvalue weighted by Gasteiger charge is 1.98. The number of rotatable bonds is 2. The first kappa shape index (κ1) is 10.8. The molecule has 0 atom stereocenters. The van der Waals surface area contributed by atoms with E-state index >= 15 is 0 Å². The molecule has 2 rings (SSSR count). The van der Waals surface area contributed by atoms with E-state index in [4.69, 9.17) is 0 Å². The Labute approximate surface area is 102 Å². The van der Waals surface area contributed by atoms with Crippen molar-refractivity contribution in [3.63, 3.8) is 0 Å². The molecule has 1 aromatic heterocycles. The highest BCUT2D eigenvalue weighted by Crippen LogP contribution is 2.11. The van der Waals surface area contributed by atoms with Crippen LogP contribution in [0.2, 0.25) is 0 Å². The Kier molecular flexibility index (Phi) is 3.31. The van der Waals surface area contributed by atoms with E-state index in [-0.39, 0.29) is 5.91 Å². The van der Waals surface area contributed by atoms with E-state index in [1.807, 2.05) is 24.3 Å². The molecule has 80 valence electrons. The first-order valence-electron chi connectivity index (χ1n) is 4.73. The third kappa shape index (κ3) is 2.67. The second-order valence-electron chi connectivity index (χ2n) is 3.17. The summed E-state index contributed by atoms with van der Waals surface area (Å²) in [7, 11) is 0. The largest absolute Gasteiger partial charge is 0.270 e. The molecule has 0 radical (unpaired) electrons. The number of hydrogen-bond donors (Lipinski definition) is 0. The van der Waals surface area contributed by atoms with E-state index in [0.29, 0.717) is 0 Å². The smallest absolute Gasteiger partial charge is 0.267 e. The molecule has 0 saturated heterocycles. The average molecular weight is 277 g/mol.